The van der Waals surface area contributed by atoms with E-state index in [1.54, 1.807) is 0 Å². The van der Waals surface area contributed by atoms with E-state index in [9.17, 15) is 12.8 Å². The van der Waals surface area contributed by atoms with E-state index in [4.69, 9.17) is 0 Å². The molecule has 1 aromatic rings. The maximum atomic E-state index is 12.8. The van der Waals surface area contributed by atoms with Crippen LogP contribution in [0.15, 0.2) is 29.2 Å². The molecule has 0 spiro atoms. The summed E-state index contributed by atoms with van der Waals surface area (Å²) < 4.78 is 40.1. The Morgan fingerprint density at radius 1 is 1.05 bits per heavy atom. The average Bonchev–Trinajstić information content (AvgIpc) is 2.78. The first-order chi connectivity index (χ1) is 9.06. The Bertz CT molecular complexity index is 597. The molecule has 3 aliphatic rings. The summed E-state index contributed by atoms with van der Waals surface area (Å²) in [6.45, 7) is 0. The van der Waals surface area contributed by atoms with Gasteiger partial charge in [-0.05, 0) is 67.2 Å². The first-order valence-corrected chi connectivity index (χ1v) is 8.32. The summed E-state index contributed by atoms with van der Waals surface area (Å²) in [5.41, 5.74) is 0. The quantitative estimate of drug-likeness (QED) is 0.922. The first kappa shape index (κ1) is 11.9. The van der Waals surface area contributed by atoms with E-state index in [0.717, 1.165) is 11.8 Å². The fourth-order valence-corrected chi connectivity index (χ4v) is 5.65. The molecular weight excluding hydrogens is 265 g/mol. The molecule has 0 radical (unpaired) electrons. The summed E-state index contributed by atoms with van der Waals surface area (Å²) in [5.74, 6) is 2.18. The molecule has 4 unspecified atom stereocenters. The van der Waals surface area contributed by atoms with Crippen LogP contribution in [-0.4, -0.2) is 14.5 Å². The molecule has 19 heavy (non-hydrogen) atoms. The third kappa shape index (κ3) is 1.75. The molecule has 3 aliphatic carbocycles. The predicted molar refractivity (Wildman–Crippen MR) is 68.3 cm³/mol. The van der Waals surface area contributed by atoms with Gasteiger partial charge in [-0.2, -0.15) is 0 Å². The van der Waals surface area contributed by atoms with Crippen LogP contribution in [0.2, 0.25) is 0 Å². The molecule has 0 heterocycles. The van der Waals surface area contributed by atoms with Gasteiger partial charge in [-0.1, -0.05) is 0 Å². The van der Waals surface area contributed by atoms with Gasteiger partial charge in [0.25, 0.3) is 0 Å². The highest BCUT2D eigenvalue weighted by Crippen LogP contribution is 2.65. The number of rotatable bonds is 3. The van der Waals surface area contributed by atoms with Crippen molar-refractivity contribution in [3.8, 4) is 0 Å². The van der Waals surface area contributed by atoms with Crippen molar-refractivity contribution in [2.24, 2.45) is 23.7 Å². The van der Waals surface area contributed by atoms with Crippen molar-refractivity contribution in [2.45, 2.75) is 30.2 Å². The first-order valence-electron chi connectivity index (χ1n) is 6.84. The van der Waals surface area contributed by atoms with Crippen molar-refractivity contribution in [2.75, 3.05) is 0 Å². The van der Waals surface area contributed by atoms with Crippen LogP contribution in [0.5, 0.6) is 0 Å². The van der Waals surface area contributed by atoms with Crippen molar-refractivity contribution in [3.05, 3.63) is 30.1 Å². The third-order valence-electron chi connectivity index (χ3n) is 5.15. The highest BCUT2D eigenvalue weighted by atomic mass is 32.2. The van der Waals surface area contributed by atoms with Gasteiger partial charge in [0, 0.05) is 6.04 Å². The van der Waals surface area contributed by atoms with Crippen LogP contribution in [-0.2, 0) is 10.0 Å². The molecule has 3 fully saturated rings. The van der Waals surface area contributed by atoms with E-state index >= 15 is 0 Å². The van der Waals surface area contributed by atoms with Crippen LogP contribution in [0.1, 0.15) is 19.3 Å². The molecule has 5 heteroatoms. The standard InChI is InChI=1S/C14H16FNO2S/c15-10-3-5-11(6-4-10)19(17,18)16-14-12-8-1-2-9(7-8)13(12)14/h3-6,8-9,12-14,16H,1-2,7H2. The Kier molecular flexibility index (Phi) is 2.37. The predicted octanol–water partition coefficient (Wildman–Crippen LogP) is 2.15. The molecule has 0 aromatic heterocycles. The van der Waals surface area contributed by atoms with E-state index < -0.39 is 15.8 Å². The van der Waals surface area contributed by atoms with Gasteiger partial charge in [-0.3, -0.25) is 0 Å². The van der Waals surface area contributed by atoms with E-state index in [1.807, 2.05) is 0 Å². The average molecular weight is 281 g/mol. The summed E-state index contributed by atoms with van der Waals surface area (Å²) in [6, 6.07) is 5.15. The van der Waals surface area contributed by atoms with Crippen LogP contribution in [0, 0.1) is 29.5 Å². The minimum atomic E-state index is -3.49. The second kappa shape index (κ2) is 3.79. The molecule has 2 bridgehead atoms. The highest BCUT2D eigenvalue weighted by Gasteiger charge is 2.65. The van der Waals surface area contributed by atoms with Crippen LogP contribution in [0.3, 0.4) is 0 Å². The fraction of sp³-hybridized carbons (Fsp3) is 0.571. The number of fused-ring (bicyclic) bond motifs is 5. The smallest absolute Gasteiger partial charge is 0.207 e. The van der Waals surface area contributed by atoms with Crippen LogP contribution in [0.25, 0.3) is 0 Å². The Morgan fingerprint density at radius 3 is 2.21 bits per heavy atom. The number of sulfonamides is 1. The van der Waals surface area contributed by atoms with E-state index in [-0.39, 0.29) is 10.9 Å². The van der Waals surface area contributed by atoms with Gasteiger partial charge in [-0.15, -0.1) is 0 Å². The molecule has 0 amide bonds. The summed E-state index contributed by atoms with van der Waals surface area (Å²) in [4.78, 5) is 0.159. The van der Waals surface area contributed by atoms with Crippen molar-refractivity contribution >= 4 is 10.0 Å². The lowest BCUT2D eigenvalue weighted by Gasteiger charge is -2.11. The Balaban J connectivity index is 1.53. The molecule has 0 saturated heterocycles. The Hall–Kier alpha value is -0.940. The van der Waals surface area contributed by atoms with Gasteiger partial charge >= 0.3 is 0 Å². The van der Waals surface area contributed by atoms with Gasteiger partial charge in [-0.25, -0.2) is 17.5 Å². The Labute approximate surface area is 112 Å². The van der Waals surface area contributed by atoms with Crippen molar-refractivity contribution in [1.82, 2.24) is 4.72 Å². The van der Waals surface area contributed by atoms with Crippen LogP contribution in [0.4, 0.5) is 4.39 Å². The normalized spacial score (nSPS) is 39.3. The van der Waals surface area contributed by atoms with Gasteiger partial charge in [0.1, 0.15) is 5.82 Å². The minimum absolute atomic E-state index is 0.126. The molecule has 4 atom stereocenters. The lowest BCUT2D eigenvalue weighted by molar-refractivity contribution is 0.456. The summed E-state index contributed by atoms with van der Waals surface area (Å²) in [7, 11) is -3.49. The molecule has 4 rings (SSSR count). The zero-order valence-corrected chi connectivity index (χ0v) is 11.2. The molecular formula is C14H16FNO2S. The maximum Gasteiger partial charge on any atom is 0.240 e. The Morgan fingerprint density at radius 2 is 1.63 bits per heavy atom. The van der Waals surface area contributed by atoms with Crippen molar-refractivity contribution < 1.29 is 12.8 Å². The van der Waals surface area contributed by atoms with Crippen molar-refractivity contribution in [3.63, 3.8) is 0 Å². The topological polar surface area (TPSA) is 46.2 Å². The molecule has 1 N–H and O–H groups in total. The lowest BCUT2D eigenvalue weighted by atomic mass is 10.0. The summed E-state index contributed by atoms with van der Waals surface area (Å²) >= 11 is 0. The third-order valence-corrected chi connectivity index (χ3v) is 6.63. The minimum Gasteiger partial charge on any atom is -0.207 e. The lowest BCUT2D eigenvalue weighted by Crippen LogP contribution is -2.30. The molecule has 3 saturated carbocycles. The van der Waals surface area contributed by atoms with Crippen LogP contribution < -0.4 is 4.72 Å². The summed E-state index contributed by atoms with van der Waals surface area (Å²) in [5, 5.41) is 0. The second-order valence-corrected chi connectivity index (χ2v) is 7.80. The van der Waals surface area contributed by atoms with Gasteiger partial charge in [0.2, 0.25) is 10.0 Å². The maximum absolute atomic E-state index is 12.8. The van der Waals surface area contributed by atoms with Crippen LogP contribution >= 0.6 is 0 Å². The van der Waals surface area contributed by atoms with Gasteiger partial charge in [0.15, 0.2) is 0 Å². The second-order valence-electron chi connectivity index (χ2n) is 6.09. The zero-order chi connectivity index (χ0) is 13.2. The largest absolute Gasteiger partial charge is 0.240 e. The molecule has 1 aromatic carbocycles. The van der Waals surface area contributed by atoms with E-state index in [1.165, 1.54) is 43.5 Å². The number of halogens is 1. The van der Waals surface area contributed by atoms with E-state index in [2.05, 4.69) is 4.72 Å². The SMILES string of the molecule is O=S(=O)(NC1C2C3CCC(C3)C12)c1ccc(F)cc1. The van der Waals surface area contributed by atoms with Gasteiger partial charge in [0.05, 0.1) is 4.90 Å². The van der Waals surface area contributed by atoms with E-state index in [0.29, 0.717) is 11.8 Å². The molecule has 102 valence electrons. The molecule has 0 aliphatic heterocycles. The number of hydrogen-bond acceptors (Lipinski definition) is 2. The van der Waals surface area contributed by atoms with Crippen molar-refractivity contribution in [1.29, 1.82) is 0 Å². The summed E-state index contributed by atoms with van der Waals surface area (Å²) in [6.07, 6.45) is 3.82. The fourth-order valence-electron chi connectivity index (χ4n) is 4.34. The number of hydrogen-bond donors (Lipinski definition) is 1. The molecule has 3 nitrogen and oxygen atoms in total. The number of nitrogens with one attached hydrogen (secondary N) is 1. The zero-order valence-electron chi connectivity index (χ0n) is 10.4. The monoisotopic (exact) mass is 281 g/mol. The van der Waals surface area contributed by atoms with Gasteiger partial charge < -0.3 is 0 Å². The highest BCUT2D eigenvalue weighted by molar-refractivity contribution is 7.89. The number of benzene rings is 1.